The Bertz CT molecular complexity index is 222. The van der Waals surface area contributed by atoms with Gasteiger partial charge in [0.1, 0.15) is 5.60 Å². The summed E-state index contributed by atoms with van der Waals surface area (Å²) in [6.07, 6.45) is 2.04. The monoisotopic (exact) mass is 218 g/mol. The summed E-state index contributed by atoms with van der Waals surface area (Å²) in [6, 6.07) is 0. The fraction of sp³-hybridized carbons (Fsp3) is 0.909. The van der Waals surface area contributed by atoms with Gasteiger partial charge >= 0.3 is 5.97 Å². The van der Waals surface area contributed by atoms with Crippen molar-refractivity contribution in [3.8, 4) is 0 Å². The van der Waals surface area contributed by atoms with Crippen LogP contribution in [0.5, 0.6) is 0 Å². The van der Waals surface area contributed by atoms with Crippen molar-refractivity contribution in [2.24, 2.45) is 5.92 Å². The van der Waals surface area contributed by atoms with Crippen molar-refractivity contribution in [2.75, 3.05) is 0 Å². The minimum absolute atomic E-state index is 0.269. The number of hydrogen-bond acceptors (Lipinski definition) is 2. The van der Waals surface area contributed by atoms with E-state index in [4.69, 9.17) is 5.11 Å². The van der Waals surface area contributed by atoms with Crippen LogP contribution in [-0.4, -0.2) is 28.0 Å². The minimum Gasteiger partial charge on any atom is -0.479 e. The van der Waals surface area contributed by atoms with E-state index in [1.807, 2.05) is 0 Å². The highest BCUT2D eigenvalue weighted by Crippen LogP contribution is 2.37. The van der Waals surface area contributed by atoms with E-state index in [2.05, 4.69) is 6.92 Å². The third kappa shape index (κ3) is 2.91. The lowest BCUT2D eigenvalue weighted by Gasteiger charge is -2.36. The first-order valence-corrected chi connectivity index (χ1v) is 5.59. The van der Waals surface area contributed by atoms with Crippen molar-refractivity contribution in [3.05, 3.63) is 0 Å². The largest absolute Gasteiger partial charge is 0.479 e. The van der Waals surface area contributed by atoms with Crippen LogP contribution in [0.4, 0.5) is 4.39 Å². The molecule has 0 aromatic heterocycles. The van der Waals surface area contributed by atoms with Crippen LogP contribution in [0.2, 0.25) is 0 Å². The minimum atomic E-state index is -2.14. The molecule has 15 heavy (non-hydrogen) atoms. The molecule has 1 atom stereocenters. The van der Waals surface area contributed by atoms with Crippen LogP contribution < -0.4 is 0 Å². The summed E-state index contributed by atoms with van der Waals surface area (Å²) in [7, 11) is 0. The lowest BCUT2D eigenvalue weighted by Crippen LogP contribution is -2.47. The van der Waals surface area contributed by atoms with Gasteiger partial charge in [0, 0.05) is 0 Å². The van der Waals surface area contributed by atoms with Crippen LogP contribution in [0.1, 0.15) is 45.4 Å². The summed E-state index contributed by atoms with van der Waals surface area (Å²) in [6.45, 7) is 2.09. The van der Waals surface area contributed by atoms with Crippen molar-refractivity contribution in [3.63, 3.8) is 0 Å². The Morgan fingerprint density at radius 3 is 2.47 bits per heavy atom. The summed E-state index contributed by atoms with van der Waals surface area (Å²) in [5, 5.41) is 18.4. The molecule has 1 saturated carbocycles. The molecule has 2 N–H and O–H groups in total. The second-order valence-corrected chi connectivity index (χ2v) is 4.54. The van der Waals surface area contributed by atoms with Crippen LogP contribution in [0.15, 0.2) is 0 Å². The summed E-state index contributed by atoms with van der Waals surface area (Å²) >= 11 is 0. The molecule has 0 aliphatic heterocycles. The van der Waals surface area contributed by atoms with Gasteiger partial charge in [-0.25, -0.2) is 9.18 Å². The Labute approximate surface area is 89.3 Å². The molecule has 1 aliphatic carbocycles. The maximum absolute atomic E-state index is 13.3. The Hall–Kier alpha value is -0.640. The van der Waals surface area contributed by atoms with Crippen molar-refractivity contribution in [2.45, 2.75) is 57.2 Å². The molecule has 0 aromatic carbocycles. The number of aliphatic hydroxyl groups is 1. The van der Waals surface area contributed by atoms with E-state index in [1.54, 1.807) is 0 Å². The van der Waals surface area contributed by atoms with E-state index in [0.29, 0.717) is 5.92 Å². The van der Waals surface area contributed by atoms with E-state index < -0.39 is 17.7 Å². The van der Waals surface area contributed by atoms with Gasteiger partial charge in [0.25, 0.3) is 0 Å². The fourth-order valence-electron chi connectivity index (χ4n) is 2.36. The molecule has 0 bridgehead atoms. The van der Waals surface area contributed by atoms with Gasteiger partial charge in [0.2, 0.25) is 6.17 Å². The summed E-state index contributed by atoms with van der Waals surface area (Å²) in [5.41, 5.74) is -1.63. The van der Waals surface area contributed by atoms with E-state index in [-0.39, 0.29) is 12.8 Å². The predicted octanol–water partition coefficient (Wildman–Crippen LogP) is 2.13. The van der Waals surface area contributed by atoms with E-state index in [9.17, 15) is 14.3 Å². The van der Waals surface area contributed by atoms with E-state index >= 15 is 0 Å². The van der Waals surface area contributed by atoms with Crippen LogP contribution in [-0.2, 0) is 4.79 Å². The lowest BCUT2D eigenvalue weighted by molar-refractivity contribution is -0.158. The molecule has 0 aromatic rings. The number of hydrogen-bond donors (Lipinski definition) is 2. The van der Waals surface area contributed by atoms with Crippen molar-refractivity contribution < 1.29 is 19.4 Å². The maximum atomic E-state index is 13.3. The number of carboxylic acids is 1. The Kier molecular flexibility index (Phi) is 4.08. The topological polar surface area (TPSA) is 57.5 Å². The highest BCUT2D eigenvalue weighted by Gasteiger charge is 2.44. The number of halogens is 1. The molecular formula is C11H19FO3. The van der Waals surface area contributed by atoms with Gasteiger partial charge in [-0.3, -0.25) is 0 Å². The van der Waals surface area contributed by atoms with Gasteiger partial charge in [-0.05, 0) is 31.6 Å². The third-order valence-electron chi connectivity index (χ3n) is 3.36. The van der Waals surface area contributed by atoms with Crippen molar-refractivity contribution in [1.29, 1.82) is 0 Å². The number of carbonyl (C=O) groups is 1. The Balaban J connectivity index is 2.50. The zero-order chi connectivity index (χ0) is 11.5. The van der Waals surface area contributed by atoms with Gasteiger partial charge < -0.3 is 10.2 Å². The highest BCUT2D eigenvalue weighted by atomic mass is 19.1. The highest BCUT2D eigenvalue weighted by molar-refractivity contribution is 5.73. The summed E-state index contributed by atoms with van der Waals surface area (Å²) in [4.78, 5) is 10.5. The smallest absolute Gasteiger partial charge is 0.341 e. The van der Waals surface area contributed by atoms with Gasteiger partial charge in [0.15, 0.2) is 0 Å². The third-order valence-corrected chi connectivity index (χ3v) is 3.36. The standard InChI is InChI=1S/C11H19FO3/c1-2-3-8-4-6-11(15,7-5-8)9(12)10(13)14/h8-9,15H,2-7H2,1H3,(H,13,14). The predicted molar refractivity (Wildman–Crippen MR) is 54.3 cm³/mol. The average molecular weight is 218 g/mol. The molecular weight excluding hydrogens is 199 g/mol. The van der Waals surface area contributed by atoms with Crippen LogP contribution in [0.25, 0.3) is 0 Å². The molecule has 0 saturated heterocycles. The zero-order valence-electron chi connectivity index (χ0n) is 9.08. The number of carboxylic acid groups (broad SMARTS) is 1. The van der Waals surface area contributed by atoms with E-state index in [0.717, 1.165) is 25.7 Å². The average Bonchev–Trinajstić information content (AvgIpc) is 2.21. The molecule has 0 amide bonds. The zero-order valence-corrected chi connectivity index (χ0v) is 9.08. The summed E-state index contributed by atoms with van der Waals surface area (Å²) in [5.74, 6) is -1.03. The van der Waals surface area contributed by atoms with Crippen LogP contribution in [0, 0.1) is 5.92 Å². The number of alkyl halides is 1. The number of aliphatic carboxylic acids is 1. The molecule has 88 valence electrons. The Morgan fingerprint density at radius 1 is 1.53 bits per heavy atom. The fourth-order valence-corrected chi connectivity index (χ4v) is 2.36. The molecule has 4 heteroatoms. The Morgan fingerprint density at radius 2 is 2.07 bits per heavy atom. The molecule has 0 spiro atoms. The second-order valence-electron chi connectivity index (χ2n) is 4.54. The van der Waals surface area contributed by atoms with Crippen LogP contribution in [0.3, 0.4) is 0 Å². The quantitative estimate of drug-likeness (QED) is 0.760. The lowest BCUT2D eigenvalue weighted by atomic mass is 9.75. The molecule has 1 aliphatic rings. The van der Waals surface area contributed by atoms with Gasteiger partial charge in [-0.1, -0.05) is 19.8 Å². The van der Waals surface area contributed by atoms with Crippen molar-refractivity contribution in [1.82, 2.24) is 0 Å². The van der Waals surface area contributed by atoms with Gasteiger partial charge in [-0.2, -0.15) is 0 Å². The SMILES string of the molecule is CCCC1CCC(O)(C(F)C(=O)O)CC1. The number of rotatable bonds is 4. The molecule has 1 unspecified atom stereocenters. The normalized spacial score (nSPS) is 33.7. The van der Waals surface area contributed by atoms with Crippen LogP contribution >= 0.6 is 0 Å². The first-order valence-electron chi connectivity index (χ1n) is 5.59. The summed E-state index contributed by atoms with van der Waals surface area (Å²) < 4.78 is 13.3. The molecule has 1 rings (SSSR count). The first kappa shape index (κ1) is 12.4. The molecule has 0 radical (unpaired) electrons. The maximum Gasteiger partial charge on any atom is 0.341 e. The van der Waals surface area contributed by atoms with Gasteiger partial charge in [-0.15, -0.1) is 0 Å². The second kappa shape index (κ2) is 4.92. The molecule has 1 fully saturated rings. The van der Waals surface area contributed by atoms with Gasteiger partial charge in [0.05, 0.1) is 0 Å². The first-order chi connectivity index (χ1) is 6.99. The molecule has 0 heterocycles. The van der Waals surface area contributed by atoms with E-state index in [1.165, 1.54) is 0 Å². The van der Waals surface area contributed by atoms with Crippen molar-refractivity contribution >= 4 is 5.97 Å². The molecule has 3 nitrogen and oxygen atoms in total.